The molecule has 0 saturated heterocycles. The molecule has 1 fully saturated rings. The van der Waals surface area contributed by atoms with Gasteiger partial charge in [0.2, 0.25) is 5.91 Å². The predicted octanol–water partition coefficient (Wildman–Crippen LogP) is 3.13. The average Bonchev–Trinajstić information content (AvgIpc) is 3.28. The van der Waals surface area contributed by atoms with Crippen LogP contribution in [-0.4, -0.2) is 98.3 Å². The number of allylic oxidation sites excluding steroid dienone is 2. The Labute approximate surface area is 262 Å². The zero-order valence-corrected chi connectivity index (χ0v) is 26.2. The molecule has 0 heterocycles. The number of ether oxygens (including phenoxy) is 4. The molecule has 0 aliphatic heterocycles. The number of esters is 1. The summed E-state index contributed by atoms with van der Waals surface area (Å²) < 4.78 is 21.8. The van der Waals surface area contributed by atoms with Gasteiger partial charge in [-0.2, -0.15) is 0 Å². The average molecular weight is 620 g/mol. The number of hydrogen-bond donors (Lipinski definition) is 4. The van der Waals surface area contributed by atoms with Gasteiger partial charge in [-0.25, -0.2) is 0 Å². The summed E-state index contributed by atoms with van der Waals surface area (Å²) in [4.78, 5) is 24.3. The lowest BCUT2D eigenvalue weighted by Gasteiger charge is -2.21. The lowest BCUT2D eigenvalue weighted by molar-refractivity contribution is -0.148. The Bertz CT molecular complexity index is 955. The molecule has 0 unspecified atom stereocenters. The van der Waals surface area contributed by atoms with Crippen molar-refractivity contribution < 1.29 is 43.9 Å². The van der Waals surface area contributed by atoms with Gasteiger partial charge < -0.3 is 39.6 Å². The maximum atomic E-state index is 12.7. The fraction of sp³-hybridized carbons (Fsp3) is 0.647. The monoisotopic (exact) mass is 619 g/mol. The second-order valence-electron chi connectivity index (χ2n) is 10.9. The van der Waals surface area contributed by atoms with Gasteiger partial charge in [0.1, 0.15) is 6.10 Å². The summed E-state index contributed by atoms with van der Waals surface area (Å²) in [6, 6.07) is 9.98. The Balaban J connectivity index is 1.86. The number of benzene rings is 1. The number of aliphatic hydroxyl groups excluding tert-OH is 3. The summed E-state index contributed by atoms with van der Waals surface area (Å²) in [6.07, 6.45) is 10.4. The fourth-order valence-electron chi connectivity index (χ4n) is 5.13. The number of hydrogen-bond acceptors (Lipinski definition) is 9. The molecular weight excluding hydrogens is 566 g/mol. The SMILES string of the molecule is CCNC(=O)CCC/C=C\C[C@@H]1[C@@H](/C=C/[C@H](CCc2ccccc2)OC(=O)CCOCCOCCOCCO)[C@H](O)C[C@@H]1O. The second kappa shape index (κ2) is 23.7. The molecule has 5 atom stereocenters. The largest absolute Gasteiger partial charge is 0.458 e. The number of carbonyl (C=O) groups excluding carboxylic acids is 2. The molecular formula is C34H53NO9. The number of carbonyl (C=O) groups is 2. The van der Waals surface area contributed by atoms with Crippen molar-refractivity contribution in [2.45, 2.75) is 76.6 Å². The molecule has 1 aromatic carbocycles. The molecule has 0 spiro atoms. The Morgan fingerprint density at radius 3 is 2.36 bits per heavy atom. The third-order valence-corrected chi connectivity index (χ3v) is 7.46. The van der Waals surface area contributed by atoms with Crippen LogP contribution in [0, 0.1) is 11.8 Å². The molecule has 10 nitrogen and oxygen atoms in total. The summed E-state index contributed by atoms with van der Waals surface area (Å²) in [7, 11) is 0. The highest BCUT2D eigenvalue weighted by Gasteiger charge is 2.39. The summed E-state index contributed by atoms with van der Waals surface area (Å²) in [5.74, 6) is -0.730. The van der Waals surface area contributed by atoms with Gasteiger partial charge in [-0.3, -0.25) is 9.59 Å². The Morgan fingerprint density at radius 2 is 1.66 bits per heavy atom. The van der Waals surface area contributed by atoms with E-state index in [0.717, 1.165) is 24.8 Å². The van der Waals surface area contributed by atoms with E-state index in [1.807, 2.05) is 61.6 Å². The second-order valence-corrected chi connectivity index (χ2v) is 10.9. The smallest absolute Gasteiger partial charge is 0.308 e. The molecule has 1 saturated carbocycles. The van der Waals surface area contributed by atoms with Gasteiger partial charge in [-0.15, -0.1) is 0 Å². The molecule has 1 aromatic rings. The van der Waals surface area contributed by atoms with Crippen molar-refractivity contribution in [3.8, 4) is 0 Å². The number of amides is 1. The summed E-state index contributed by atoms with van der Waals surface area (Å²) in [6.45, 7) is 4.54. The van der Waals surface area contributed by atoms with Crippen LogP contribution in [0.1, 0.15) is 57.4 Å². The van der Waals surface area contributed by atoms with E-state index in [2.05, 4.69) is 5.32 Å². The summed E-state index contributed by atoms with van der Waals surface area (Å²) in [5, 5.41) is 32.8. The van der Waals surface area contributed by atoms with Gasteiger partial charge in [0.25, 0.3) is 0 Å². The van der Waals surface area contributed by atoms with Crippen molar-refractivity contribution in [1.29, 1.82) is 0 Å². The quantitative estimate of drug-likeness (QED) is 0.0780. The third kappa shape index (κ3) is 16.5. The van der Waals surface area contributed by atoms with Crippen LogP contribution in [0.2, 0.25) is 0 Å². The highest BCUT2D eigenvalue weighted by molar-refractivity contribution is 5.75. The summed E-state index contributed by atoms with van der Waals surface area (Å²) in [5.41, 5.74) is 1.14. The van der Waals surface area contributed by atoms with Crippen molar-refractivity contribution in [3.63, 3.8) is 0 Å². The number of unbranched alkanes of at least 4 members (excludes halogenated alkanes) is 1. The Kier molecular flexibility index (Phi) is 20.3. The van der Waals surface area contributed by atoms with Crippen LogP contribution >= 0.6 is 0 Å². The normalized spacial score (nSPS) is 20.8. The van der Waals surface area contributed by atoms with Crippen LogP contribution in [0.5, 0.6) is 0 Å². The minimum atomic E-state index is -0.681. The van der Waals surface area contributed by atoms with E-state index in [0.29, 0.717) is 58.7 Å². The maximum Gasteiger partial charge on any atom is 0.308 e. The highest BCUT2D eigenvalue weighted by Crippen LogP contribution is 2.36. The molecule has 1 aliphatic rings. The molecule has 0 bridgehead atoms. The minimum absolute atomic E-state index is 0.0186. The topological polar surface area (TPSA) is 144 Å². The van der Waals surface area contributed by atoms with Crippen LogP contribution < -0.4 is 5.32 Å². The molecule has 248 valence electrons. The first-order valence-electron chi connectivity index (χ1n) is 16.0. The standard InChI is InChI=1S/C34H53NO9/c1-2-35-33(39)13-9-4-3-8-12-29-30(32(38)26-31(29)37)17-16-28(15-14-27-10-6-5-7-11-27)44-34(40)18-20-41-22-24-43-25-23-42-21-19-36/h3,5-8,10-11,16-17,28-32,36-38H,2,4,9,12-15,18-26H2,1H3,(H,35,39)/b8-3-,17-16+/t28-,29+,30+,31-,32+/m0/s1. The first-order valence-corrected chi connectivity index (χ1v) is 16.0. The van der Waals surface area contributed by atoms with Crippen molar-refractivity contribution in [1.82, 2.24) is 5.32 Å². The van der Waals surface area contributed by atoms with Crippen LogP contribution in [0.3, 0.4) is 0 Å². The van der Waals surface area contributed by atoms with Gasteiger partial charge in [0.15, 0.2) is 0 Å². The van der Waals surface area contributed by atoms with Crippen LogP contribution in [0.4, 0.5) is 0 Å². The molecule has 1 amide bonds. The van der Waals surface area contributed by atoms with Crippen molar-refractivity contribution >= 4 is 11.9 Å². The van der Waals surface area contributed by atoms with Crippen LogP contribution in [0.25, 0.3) is 0 Å². The maximum absolute atomic E-state index is 12.7. The predicted molar refractivity (Wildman–Crippen MR) is 168 cm³/mol. The molecule has 1 aliphatic carbocycles. The Morgan fingerprint density at radius 1 is 0.955 bits per heavy atom. The minimum Gasteiger partial charge on any atom is -0.458 e. The molecule has 0 radical (unpaired) electrons. The Hall–Kier alpha value is -2.60. The van der Waals surface area contributed by atoms with Gasteiger partial charge in [0, 0.05) is 25.3 Å². The van der Waals surface area contributed by atoms with E-state index in [1.54, 1.807) is 0 Å². The number of aliphatic hydroxyl groups is 3. The van der Waals surface area contributed by atoms with Crippen LogP contribution in [-0.2, 0) is 35.0 Å². The van der Waals surface area contributed by atoms with Gasteiger partial charge in [-0.05, 0) is 56.6 Å². The number of aryl methyl sites for hydroxylation is 1. The lowest BCUT2D eigenvalue weighted by atomic mass is 9.89. The number of rotatable bonds is 24. The first-order chi connectivity index (χ1) is 21.4. The zero-order valence-electron chi connectivity index (χ0n) is 26.2. The van der Waals surface area contributed by atoms with Crippen LogP contribution in [0.15, 0.2) is 54.6 Å². The highest BCUT2D eigenvalue weighted by atomic mass is 16.6. The van der Waals surface area contributed by atoms with E-state index in [1.165, 1.54) is 0 Å². The fourth-order valence-corrected chi connectivity index (χ4v) is 5.13. The lowest BCUT2D eigenvalue weighted by Crippen LogP contribution is -2.22. The molecule has 44 heavy (non-hydrogen) atoms. The van der Waals surface area contributed by atoms with E-state index in [9.17, 15) is 19.8 Å². The number of nitrogens with one attached hydrogen (secondary N) is 1. The van der Waals surface area contributed by atoms with Crippen molar-refractivity contribution in [2.24, 2.45) is 11.8 Å². The van der Waals surface area contributed by atoms with E-state index >= 15 is 0 Å². The van der Waals surface area contributed by atoms with Gasteiger partial charge in [-0.1, -0.05) is 48.6 Å². The molecule has 0 aromatic heterocycles. The van der Waals surface area contributed by atoms with Crippen molar-refractivity contribution in [3.05, 3.63) is 60.2 Å². The molecule has 10 heteroatoms. The molecule has 2 rings (SSSR count). The van der Waals surface area contributed by atoms with E-state index in [-0.39, 0.29) is 50.0 Å². The molecule has 4 N–H and O–H groups in total. The third-order valence-electron chi connectivity index (χ3n) is 7.46. The summed E-state index contributed by atoms with van der Waals surface area (Å²) >= 11 is 0. The van der Waals surface area contributed by atoms with Crippen molar-refractivity contribution in [2.75, 3.05) is 52.8 Å². The van der Waals surface area contributed by atoms with Gasteiger partial charge in [0.05, 0.1) is 64.9 Å². The first kappa shape index (κ1) is 37.6. The van der Waals surface area contributed by atoms with E-state index in [4.69, 9.17) is 24.1 Å². The van der Waals surface area contributed by atoms with E-state index < -0.39 is 18.3 Å². The zero-order chi connectivity index (χ0) is 31.8. The van der Waals surface area contributed by atoms with Gasteiger partial charge >= 0.3 is 5.97 Å².